The average molecular weight is 370 g/mol. The number of ether oxygens (including phenoxy) is 1. The van der Waals surface area contributed by atoms with Crippen LogP contribution in [0.3, 0.4) is 0 Å². The first-order chi connectivity index (χ1) is 8.93. The van der Waals surface area contributed by atoms with Crippen LogP contribution < -0.4 is 9.64 Å². The molecule has 1 aliphatic heterocycles. The van der Waals surface area contributed by atoms with Crippen molar-refractivity contribution in [1.82, 2.24) is 0 Å². The molecule has 19 heavy (non-hydrogen) atoms. The number of aliphatic imine (C=N–C) groups is 1. The maximum absolute atomic E-state index is 5.57. The Kier molecular flexibility index (Phi) is 4.18. The number of hydrogen-bond donors (Lipinski definition) is 0. The third kappa shape index (κ3) is 3.11. The summed E-state index contributed by atoms with van der Waals surface area (Å²) in [7, 11) is 1.73. The van der Waals surface area contributed by atoms with Crippen LogP contribution in [0.2, 0.25) is 0 Å². The summed E-state index contributed by atoms with van der Waals surface area (Å²) in [6.07, 6.45) is 5.74. The first-order valence-corrected chi connectivity index (χ1v) is 7.34. The highest BCUT2D eigenvalue weighted by molar-refractivity contribution is 14.1. The first kappa shape index (κ1) is 14.4. The van der Waals surface area contributed by atoms with Gasteiger partial charge in [-0.05, 0) is 46.2 Å². The summed E-state index contributed by atoms with van der Waals surface area (Å²) >= 11 is 2.33. The quantitative estimate of drug-likeness (QED) is 0.737. The van der Waals surface area contributed by atoms with Crippen LogP contribution in [0, 0.1) is 3.57 Å². The maximum atomic E-state index is 5.57. The van der Waals surface area contributed by atoms with E-state index in [9.17, 15) is 0 Å². The Morgan fingerprint density at radius 3 is 2.58 bits per heavy atom. The SMILES string of the molecule is COc1c(I)cc(N2C=NC=CC2)cc1C(C)(C)C. The van der Waals surface area contributed by atoms with Gasteiger partial charge in [-0.25, -0.2) is 4.99 Å². The van der Waals surface area contributed by atoms with E-state index in [1.54, 1.807) is 7.11 Å². The number of methoxy groups -OCH3 is 1. The van der Waals surface area contributed by atoms with Crippen LogP contribution in [-0.2, 0) is 5.41 Å². The van der Waals surface area contributed by atoms with Gasteiger partial charge in [0.1, 0.15) is 5.75 Å². The van der Waals surface area contributed by atoms with Crippen LogP contribution >= 0.6 is 22.6 Å². The molecule has 2 rings (SSSR count). The average Bonchev–Trinajstić information content (AvgIpc) is 2.37. The number of hydrogen-bond acceptors (Lipinski definition) is 3. The van der Waals surface area contributed by atoms with E-state index in [1.165, 1.54) is 5.56 Å². The van der Waals surface area contributed by atoms with Crippen molar-refractivity contribution >= 4 is 34.6 Å². The number of benzene rings is 1. The maximum Gasteiger partial charge on any atom is 0.136 e. The zero-order chi connectivity index (χ0) is 14.0. The molecule has 0 aliphatic carbocycles. The van der Waals surface area contributed by atoms with Crippen LogP contribution in [-0.4, -0.2) is 20.0 Å². The number of anilines is 1. The molecule has 0 unspecified atom stereocenters. The second-order valence-electron chi connectivity index (χ2n) is 5.56. The molecule has 0 saturated carbocycles. The lowest BCUT2D eigenvalue weighted by molar-refractivity contribution is 0.394. The predicted molar refractivity (Wildman–Crippen MR) is 89.4 cm³/mol. The van der Waals surface area contributed by atoms with Crippen molar-refractivity contribution in [2.45, 2.75) is 26.2 Å². The Bertz CT molecular complexity index is 530. The summed E-state index contributed by atoms with van der Waals surface area (Å²) in [5.74, 6) is 0.973. The zero-order valence-electron chi connectivity index (χ0n) is 11.8. The lowest BCUT2D eigenvalue weighted by Gasteiger charge is -2.27. The number of halogens is 1. The van der Waals surface area contributed by atoms with Gasteiger partial charge in [-0.2, -0.15) is 0 Å². The standard InChI is InChI=1S/C15H19IN2O/c1-15(2,3)12-8-11(9-13(16)14(12)19-4)18-7-5-6-17-10-18/h5-6,8-10H,7H2,1-4H3. The molecule has 0 atom stereocenters. The second kappa shape index (κ2) is 5.53. The van der Waals surface area contributed by atoms with Crippen molar-refractivity contribution in [3.63, 3.8) is 0 Å². The molecule has 1 aromatic carbocycles. The molecule has 0 radical (unpaired) electrons. The molecule has 102 valence electrons. The van der Waals surface area contributed by atoms with Gasteiger partial charge in [-0.3, -0.25) is 0 Å². The summed E-state index contributed by atoms with van der Waals surface area (Å²) < 4.78 is 6.70. The molecule has 0 aromatic heterocycles. The van der Waals surface area contributed by atoms with Crippen LogP contribution in [0.1, 0.15) is 26.3 Å². The van der Waals surface area contributed by atoms with Crippen LogP contribution in [0.15, 0.2) is 29.4 Å². The summed E-state index contributed by atoms with van der Waals surface area (Å²) in [5, 5.41) is 0. The first-order valence-electron chi connectivity index (χ1n) is 6.26. The summed E-state index contributed by atoms with van der Waals surface area (Å²) in [5.41, 5.74) is 2.42. The van der Waals surface area contributed by atoms with Crippen LogP contribution in [0.25, 0.3) is 0 Å². The molecule has 0 bridgehead atoms. The second-order valence-corrected chi connectivity index (χ2v) is 6.72. The largest absolute Gasteiger partial charge is 0.495 e. The van der Waals surface area contributed by atoms with Gasteiger partial charge < -0.3 is 9.64 Å². The van der Waals surface area contributed by atoms with Gasteiger partial charge in [0.15, 0.2) is 0 Å². The van der Waals surface area contributed by atoms with Crippen molar-refractivity contribution < 1.29 is 4.74 Å². The van der Waals surface area contributed by atoms with E-state index in [0.717, 1.165) is 21.6 Å². The normalized spacial score (nSPS) is 14.9. The Balaban J connectivity index is 2.50. The number of rotatable bonds is 2. The Morgan fingerprint density at radius 1 is 1.32 bits per heavy atom. The van der Waals surface area contributed by atoms with Gasteiger partial charge in [-0.1, -0.05) is 20.8 Å². The molecule has 1 aromatic rings. The van der Waals surface area contributed by atoms with Crippen molar-refractivity contribution in [3.05, 3.63) is 33.5 Å². The van der Waals surface area contributed by atoms with Crippen LogP contribution in [0.5, 0.6) is 5.75 Å². The van der Waals surface area contributed by atoms with E-state index in [-0.39, 0.29) is 5.41 Å². The molecular formula is C15H19IN2O. The van der Waals surface area contributed by atoms with E-state index in [2.05, 4.69) is 65.4 Å². The Labute approximate surface area is 128 Å². The van der Waals surface area contributed by atoms with E-state index >= 15 is 0 Å². The third-order valence-corrected chi connectivity index (χ3v) is 3.87. The van der Waals surface area contributed by atoms with Gasteiger partial charge in [0.2, 0.25) is 0 Å². The van der Waals surface area contributed by atoms with Gasteiger partial charge >= 0.3 is 0 Å². The summed E-state index contributed by atoms with van der Waals surface area (Å²) in [6, 6.07) is 4.34. The Hall–Kier alpha value is -1.04. The molecular weight excluding hydrogens is 351 g/mol. The van der Waals surface area contributed by atoms with Crippen molar-refractivity contribution in [2.75, 3.05) is 18.6 Å². The molecule has 3 nitrogen and oxygen atoms in total. The molecule has 1 aliphatic rings. The van der Waals surface area contributed by atoms with Gasteiger partial charge in [0, 0.05) is 24.0 Å². The predicted octanol–water partition coefficient (Wildman–Crippen LogP) is 3.96. The minimum atomic E-state index is 0.0457. The van der Waals surface area contributed by atoms with Crippen molar-refractivity contribution in [1.29, 1.82) is 0 Å². The molecule has 0 fully saturated rings. The Morgan fingerprint density at radius 2 is 2.05 bits per heavy atom. The van der Waals surface area contributed by atoms with E-state index in [1.807, 2.05) is 18.6 Å². The molecule has 4 heteroatoms. The minimum absolute atomic E-state index is 0.0457. The molecule has 1 heterocycles. The van der Waals surface area contributed by atoms with Crippen molar-refractivity contribution in [3.8, 4) is 5.75 Å². The number of nitrogens with zero attached hydrogens (tertiary/aromatic N) is 2. The topological polar surface area (TPSA) is 24.8 Å². The van der Waals surface area contributed by atoms with E-state index in [4.69, 9.17) is 4.74 Å². The molecule has 0 amide bonds. The lowest BCUT2D eigenvalue weighted by atomic mass is 9.86. The van der Waals surface area contributed by atoms with Crippen LogP contribution in [0.4, 0.5) is 5.69 Å². The fourth-order valence-electron chi connectivity index (χ4n) is 2.07. The van der Waals surface area contributed by atoms with Crippen molar-refractivity contribution in [2.24, 2.45) is 4.99 Å². The molecule has 0 N–H and O–H groups in total. The fourth-order valence-corrected chi connectivity index (χ4v) is 2.90. The highest BCUT2D eigenvalue weighted by atomic mass is 127. The summed E-state index contributed by atoms with van der Waals surface area (Å²) in [4.78, 5) is 6.32. The summed E-state index contributed by atoms with van der Waals surface area (Å²) in [6.45, 7) is 7.47. The van der Waals surface area contributed by atoms with Gasteiger partial charge in [0.25, 0.3) is 0 Å². The van der Waals surface area contributed by atoms with Gasteiger partial charge in [0.05, 0.1) is 17.0 Å². The smallest absolute Gasteiger partial charge is 0.136 e. The highest BCUT2D eigenvalue weighted by Gasteiger charge is 2.22. The minimum Gasteiger partial charge on any atom is -0.495 e. The lowest BCUT2D eigenvalue weighted by Crippen LogP contribution is -2.24. The molecule has 0 saturated heterocycles. The fraction of sp³-hybridized carbons (Fsp3) is 0.400. The monoisotopic (exact) mass is 370 g/mol. The van der Waals surface area contributed by atoms with Gasteiger partial charge in [-0.15, -0.1) is 0 Å². The van der Waals surface area contributed by atoms with E-state index < -0.39 is 0 Å². The highest BCUT2D eigenvalue weighted by Crippen LogP contribution is 2.38. The third-order valence-electron chi connectivity index (χ3n) is 3.07. The molecule has 0 spiro atoms. The van der Waals surface area contributed by atoms with E-state index in [0.29, 0.717) is 0 Å². The zero-order valence-corrected chi connectivity index (χ0v) is 13.9.